The Bertz CT molecular complexity index is 501. The molecule has 2 aliphatic carbocycles. The fourth-order valence-electron chi connectivity index (χ4n) is 2.96. The quantitative estimate of drug-likeness (QED) is 0.525. The van der Waals surface area contributed by atoms with Crippen molar-refractivity contribution in [1.82, 2.24) is 0 Å². The van der Waals surface area contributed by atoms with E-state index in [1.807, 2.05) is 0 Å². The van der Waals surface area contributed by atoms with E-state index in [0.717, 1.165) is 62.9 Å². The monoisotopic (exact) mass is 302 g/mol. The van der Waals surface area contributed by atoms with E-state index in [9.17, 15) is 9.59 Å². The molecule has 0 aromatic carbocycles. The molecule has 118 valence electrons. The van der Waals surface area contributed by atoms with Gasteiger partial charge in [-0.3, -0.25) is 0 Å². The van der Waals surface area contributed by atoms with Crippen molar-refractivity contribution in [3.05, 3.63) is 48.0 Å². The highest BCUT2D eigenvalue weighted by molar-refractivity contribution is 5.82. The molecule has 0 unspecified atom stereocenters. The number of ether oxygens (including phenoxy) is 2. The Hall–Kier alpha value is -2.10. The largest absolute Gasteiger partial charge is 0.428 e. The normalized spacial score (nSPS) is 17.6. The van der Waals surface area contributed by atoms with E-state index in [-0.39, 0.29) is 0 Å². The predicted molar refractivity (Wildman–Crippen MR) is 83.6 cm³/mol. The minimum absolute atomic E-state index is 0.393. The number of carbonyl (C=O) groups excluding carboxylic acids is 2. The molecule has 0 saturated carbocycles. The van der Waals surface area contributed by atoms with Gasteiger partial charge in [-0.15, -0.1) is 0 Å². The summed E-state index contributed by atoms with van der Waals surface area (Å²) in [4.78, 5) is 22.7. The molecular weight excluding hydrogens is 280 g/mol. The topological polar surface area (TPSA) is 52.6 Å². The van der Waals surface area contributed by atoms with Gasteiger partial charge in [0.15, 0.2) is 0 Å². The predicted octanol–water partition coefficient (Wildman–Crippen LogP) is 4.10. The zero-order chi connectivity index (χ0) is 15.9. The van der Waals surface area contributed by atoms with Crippen molar-refractivity contribution in [3.8, 4) is 0 Å². The summed E-state index contributed by atoms with van der Waals surface area (Å²) >= 11 is 0. The van der Waals surface area contributed by atoms with Crippen molar-refractivity contribution in [2.45, 2.75) is 51.4 Å². The van der Waals surface area contributed by atoms with E-state index >= 15 is 0 Å². The number of hydrogen-bond acceptors (Lipinski definition) is 4. The first-order valence-electron chi connectivity index (χ1n) is 7.74. The lowest BCUT2D eigenvalue weighted by molar-refractivity contribution is -0.134. The maximum Gasteiger partial charge on any atom is 0.335 e. The van der Waals surface area contributed by atoms with Crippen molar-refractivity contribution in [2.75, 3.05) is 0 Å². The Labute approximate surface area is 131 Å². The van der Waals surface area contributed by atoms with Crippen molar-refractivity contribution in [2.24, 2.45) is 0 Å². The molecule has 4 nitrogen and oxygen atoms in total. The number of carbonyl (C=O) groups is 2. The van der Waals surface area contributed by atoms with Crippen molar-refractivity contribution >= 4 is 11.9 Å². The smallest absolute Gasteiger partial charge is 0.335 e. The van der Waals surface area contributed by atoms with E-state index in [1.165, 1.54) is 23.3 Å². The molecule has 0 radical (unpaired) electrons. The Morgan fingerprint density at radius 2 is 1.23 bits per heavy atom. The van der Waals surface area contributed by atoms with Gasteiger partial charge in [-0.1, -0.05) is 13.2 Å². The van der Waals surface area contributed by atoms with E-state index in [1.54, 1.807) is 0 Å². The summed E-state index contributed by atoms with van der Waals surface area (Å²) in [5, 5.41) is 0. The molecule has 0 aromatic heterocycles. The fourth-order valence-corrected chi connectivity index (χ4v) is 2.96. The van der Waals surface area contributed by atoms with Gasteiger partial charge < -0.3 is 9.47 Å². The lowest BCUT2D eigenvalue weighted by atomic mass is 10.0. The van der Waals surface area contributed by atoms with Crippen LogP contribution in [0.5, 0.6) is 0 Å². The van der Waals surface area contributed by atoms with Crippen molar-refractivity contribution < 1.29 is 19.1 Å². The lowest BCUT2D eigenvalue weighted by Gasteiger charge is -2.09. The summed E-state index contributed by atoms with van der Waals surface area (Å²) in [6.07, 6.45) is 9.68. The number of hydrogen-bond donors (Lipinski definition) is 0. The van der Waals surface area contributed by atoms with E-state index in [2.05, 4.69) is 13.2 Å². The number of rotatable bonds is 7. The minimum Gasteiger partial charge on any atom is -0.428 e. The second kappa shape index (κ2) is 7.78. The van der Waals surface area contributed by atoms with Gasteiger partial charge in [-0.2, -0.15) is 0 Å². The number of esters is 2. The van der Waals surface area contributed by atoms with Crippen LogP contribution in [0.1, 0.15) is 51.4 Å². The molecule has 0 fully saturated rings. The fraction of sp³-hybridized carbons (Fsp3) is 0.444. The first kappa shape index (κ1) is 16.3. The first-order chi connectivity index (χ1) is 10.6. The average Bonchev–Trinajstić information content (AvgIpc) is 3.14. The van der Waals surface area contributed by atoms with Crippen LogP contribution < -0.4 is 0 Å². The summed E-state index contributed by atoms with van der Waals surface area (Å²) in [7, 11) is 0. The third-order valence-electron chi connectivity index (χ3n) is 4.06. The molecule has 0 spiro atoms. The second-order valence-electron chi connectivity index (χ2n) is 5.51. The summed E-state index contributed by atoms with van der Waals surface area (Å²) in [6.45, 7) is 6.84. The van der Waals surface area contributed by atoms with Crippen LogP contribution in [-0.2, 0) is 19.1 Å². The Morgan fingerprint density at radius 1 is 0.818 bits per heavy atom. The molecule has 2 rings (SSSR count). The third-order valence-corrected chi connectivity index (χ3v) is 4.06. The van der Waals surface area contributed by atoms with Crippen LogP contribution >= 0.6 is 0 Å². The second-order valence-corrected chi connectivity index (χ2v) is 5.51. The Kier molecular flexibility index (Phi) is 5.75. The van der Waals surface area contributed by atoms with Gasteiger partial charge >= 0.3 is 11.9 Å². The highest BCUT2D eigenvalue weighted by Crippen LogP contribution is 2.35. The molecule has 22 heavy (non-hydrogen) atoms. The van der Waals surface area contributed by atoms with E-state index in [4.69, 9.17) is 9.47 Å². The van der Waals surface area contributed by atoms with Crippen LogP contribution in [0, 0.1) is 0 Å². The molecule has 0 saturated heterocycles. The van der Waals surface area contributed by atoms with Gasteiger partial charge in [0.05, 0.1) is 0 Å². The standard InChI is InChI=1S/C18H22O4/c1-3-17(19)21-15-9-5-7-13(15)11-12-14-8-6-10-16(14)22-18(20)4-2/h3-4H,1-2,5-12H2. The molecule has 0 aromatic rings. The SMILES string of the molecule is C=CC(=O)OC1=C(CCC2=C(OC(=O)C=C)CCC2)CCC1. The molecule has 0 heterocycles. The summed E-state index contributed by atoms with van der Waals surface area (Å²) in [5.41, 5.74) is 2.40. The van der Waals surface area contributed by atoms with E-state index in [0.29, 0.717) is 0 Å². The Morgan fingerprint density at radius 3 is 1.59 bits per heavy atom. The lowest BCUT2D eigenvalue weighted by Crippen LogP contribution is -2.01. The van der Waals surface area contributed by atoms with Crippen LogP contribution in [-0.4, -0.2) is 11.9 Å². The van der Waals surface area contributed by atoms with Gasteiger partial charge in [0.25, 0.3) is 0 Å². The number of allylic oxidation sites excluding steroid dienone is 4. The molecule has 4 heteroatoms. The molecule has 0 bridgehead atoms. The molecule has 0 N–H and O–H groups in total. The van der Waals surface area contributed by atoms with Gasteiger partial charge in [0.1, 0.15) is 11.5 Å². The van der Waals surface area contributed by atoms with Crippen molar-refractivity contribution in [3.63, 3.8) is 0 Å². The zero-order valence-electron chi connectivity index (χ0n) is 12.9. The van der Waals surface area contributed by atoms with Gasteiger partial charge in [0.2, 0.25) is 0 Å². The maximum atomic E-state index is 11.3. The molecule has 0 aliphatic heterocycles. The van der Waals surface area contributed by atoms with Crippen LogP contribution in [0.4, 0.5) is 0 Å². The van der Waals surface area contributed by atoms with Gasteiger partial charge in [-0.05, 0) is 49.7 Å². The minimum atomic E-state index is -0.393. The summed E-state index contributed by atoms with van der Waals surface area (Å²) in [5.74, 6) is 0.812. The summed E-state index contributed by atoms with van der Waals surface area (Å²) in [6, 6.07) is 0. The van der Waals surface area contributed by atoms with Crippen LogP contribution in [0.15, 0.2) is 48.0 Å². The van der Waals surface area contributed by atoms with Gasteiger partial charge in [-0.25, -0.2) is 9.59 Å². The third kappa shape index (κ3) is 4.20. The van der Waals surface area contributed by atoms with Crippen molar-refractivity contribution in [1.29, 1.82) is 0 Å². The Balaban J connectivity index is 1.98. The maximum absolute atomic E-state index is 11.3. The van der Waals surface area contributed by atoms with E-state index < -0.39 is 11.9 Å². The van der Waals surface area contributed by atoms with Crippen LogP contribution in [0.25, 0.3) is 0 Å². The molecule has 2 aliphatic rings. The van der Waals surface area contributed by atoms with Gasteiger partial charge in [0, 0.05) is 25.0 Å². The average molecular weight is 302 g/mol. The molecular formula is C18H22O4. The zero-order valence-corrected chi connectivity index (χ0v) is 12.9. The summed E-state index contributed by atoms with van der Waals surface area (Å²) < 4.78 is 10.6. The van der Waals surface area contributed by atoms with Crippen LogP contribution in [0.3, 0.4) is 0 Å². The van der Waals surface area contributed by atoms with Crippen LogP contribution in [0.2, 0.25) is 0 Å². The molecule has 0 atom stereocenters. The highest BCUT2D eigenvalue weighted by atomic mass is 16.5. The molecule has 0 amide bonds. The highest BCUT2D eigenvalue weighted by Gasteiger charge is 2.21. The first-order valence-corrected chi connectivity index (χ1v) is 7.74.